The molecule has 3 heteroatoms. The Morgan fingerprint density at radius 3 is 2.78 bits per heavy atom. The SMILES string of the molecule is CCC(C)C(C)NC1C(=O)Nc2c(C)cccc21. The van der Waals surface area contributed by atoms with E-state index in [2.05, 4.69) is 31.4 Å². The maximum atomic E-state index is 12.1. The van der Waals surface area contributed by atoms with E-state index >= 15 is 0 Å². The number of hydrogen-bond donors (Lipinski definition) is 2. The summed E-state index contributed by atoms with van der Waals surface area (Å²) in [6.07, 6.45) is 1.11. The highest BCUT2D eigenvalue weighted by Gasteiger charge is 2.32. The average Bonchev–Trinajstić information content (AvgIpc) is 2.67. The van der Waals surface area contributed by atoms with E-state index in [4.69, 9.17) is 0 Å². The number of carbonyl (C=O) groups excluding carboxylic acids is 1. The third-order valence-electron chi connectivity index (χ3n) is 4.05. The summed E-state index contributed by atoms with van der Waals surface area (Å²) in [5.74, 6) is 0.626. The van der Waals surface area contributed by atoms with Crippen molar-refractivity contribution in [3.05, 3.63) is 29.3 Å². The smallest absolute Gasteiger partial charge is 0.246 e. The molecule has 1 aromatic carbocycles. The normalized spacial score (nSPS) is 21.3. The number of amides is 1. The van der Waals surface area contributed by atoms with Gasteiger partial charge in [-0.1, -0.05) is 38.5 Å². The van der Waals surface area contributed by atoms with Crippen LogP contribution in [0, 0.1) is 12.8 Å². The van der Waals surface area contributed by atoms with E-state index in [0.29, 0.717) is 12.0 Å². The lowest BCUT2D eigenvalue weighted by molar-refractivity contribution is -0.117. The van der Waals surface area contributed by atoms with Crippen LogP contribution in [0.25, 0.3) is 0 Å². The number of aryl methyl sites for hydroxylation is 1. The fourth-order valence-corrected chi connectivity index (χ4v) is 2.38. The van der Waals surface area contributed by atoms with Crippen LogP contribution in [0.4, 0.5) is 5.69 Å². The summed E-state index contributed by atoms with van der Waals surface area (Å²) in [6.45, 7) is 8.56. The molecule has 1 amide bonds. The Kier molecular flexibility index (Phi) is 3.71. The first kappa shape index (κ1) is 13.1. The van der Waals surface area contributed by atoms with Gasteiger partial charge in [-0.3, -0.25) is 10.1 Å². The van der Waals surface area contributed by atoms with Gasteiger partial charge in [-0.2, -0.15) is 0 Å². The molecule has 18 heavy (non-hydrogen) atoms. The van der Waals surface area contributed by atoms with E-state index in [1.165, 1.54) is 0 Å². The van der Waals surface area contributed by atoms with Crippen molar-refractivity contribution in [2.24, 2.45) is 5.92 Å². The molecule has 3 nitrogen and oxygen atoms in total. The molecule has 3 unspecified atom stereocenters. The van der Waals surface area contributed by atoms with Crippen LogP contribution >= 0.6 is 0 Å². The Morgan fingerprint density at radius 2 is 2.11 bits per heavy atom. The zero-order valence-electron chi connectivity index (χ0n) is 11.6. The molecule has 2 N–H and O–H groups in total. The molecule has 0 fully saturated rings. The lowest BCUT2D eigenvalue weighted by atomic mass is 9.98. The molecule has 0 aromatic heterocycles. The molecule has 1 aromatic rings. The fraction of sp³-hybridized carbons (Fsp3) is 0.533. The standard InChI is InChI=1S/C15H22N2O/c1-5-9(2)11(4)16-14-12-8-6-7-10(3)13(12)17-15(14)18/h6-9,11,14,16H,5H2,1-4H3,(H,17,18). The van der Waals surface area contributed by atoms with Gasteiger partial charge < -0.3 is 5.32 Å². The average molecular weight is 246 g/mol. The molecule has 0 spiro atoms. The van der Waals surface area contributed by atoms with Crippen LogP contribution < -0.4 is 10.6 Å². The van der Waals surface area contributed by atoms with Crippen molar-refractivity contribution >= 4 is 11.6 Å². The molecule has 0 bridgehead atoms. The number of para-hydroxylation sites is 1. The Hall–Kier alpha value is -1.35. The zero-order valence-corrected chi connectivity index (χ0v) is 11.6. The van der Waals surface area contributed by atoms with Crippen molar-refractivity contribution in [1.29, 1.82) is 0 Å². The summed E-state index contributed by atoms with van der Waals surface area (Å²) in [6, 6.07) is 6.19. The minimum atomic E-state index is -0.205. The summed E-state index contributed by atoms with van der Waals surface area (Å²) in [4.78, 5) is 12.1. The lowest BCUT2D eigenvalue weighted by Crippen LogP contribution is -2.38. The molecule has 2 rings (SSSR count). The topological polar surface area (TPSA) is 41.1 Å². The van der Waals surface area contributed by atoms with Gasteiger partial charge in [-0.25, -0.2) is 0 Å². The van der Waals surface area contributed by atoms with Crippen molar-refractivity contribution in [1.82, 2.24) is 5.32 Å². The van der Waals surface area contributed by atoms with Crippen LogP contribution in [-0.2, 0) is 4.79 Å². The maximum absolute atomic E-state index is 12.1. The molecule has 0 aliphatic carbocycles. The highest BCUT2D eigenvalue weighted by molar-refractivity contribution is 6.03. The van der Waals surface area contributed by atoms with Crippen molar-refractivity contribution in [3.63, 3.8) is 0 Å². The highest BCUT2D eigenvalue weighted by atomic mass is 16.2. The molecule has 3 atom stereocenters. The second kappa shape index (κ2) is 5.11. The minimum Gasteiger partial charge on any atom is -0.324 e. The molecular weight excluding hydrogens is 224 g/mol. The van der Waals surface area contributed by atoms with Crippen molar-refractivity contribution < 1.29 is 4.79 Å². The van der Waals surface area contributed by atoms with E-state index in [9.17, 15) is 4.79 Å². The van der Waals surface area contributed by atoms with Gasteiger partial charge in [0.15, 0.2) is 0 Å². The van der Waals surface area contributed by atoms with Gasteiger partial charge in [0, 0.05) is 17.3 Å². The number of carbonyl (C=O) groups is 1. The van der Waals surface area contributed by atoms with Gasteiger partial charge in [-0.15, -0.1) is 0 Å². The first-order valence-corrected chi connectivity index (χ1v) is 6.71. The van der Waals surface area contributed by atoms with Gasteiger partial charge in [0.1, 0.15) is 6.04 Å². The van der Waals surface area contributed by atoms with Crippen LogP contribution in [0.1, 0.15) is 44.4 Å². The van der Waals surface area contributed by atoms with Crippen LogP contribution in [0.15, 0.2) is 18.2 Å². The van der Waals surface area contributed by atoms with Crippen molar-refractivity contribution in [3.8, 4) is 0 Å². The molecule has 0 radical (unpaired) electrons. The minimum absolute atomic E-state index is 0.0643. The summed E-state index contributed by atoms with van der Waals surface area (Å²) < 4.78 is 0. The number of hydrogen-bond acceptors (Lipinski definition) is 2. The molecule has 0 saturated heterocycles. The fourth-order valence-electron chi connectivity index (χ4n) is 2.38. The van der Waals surface area contributed by atoms with E-state index in [1.807, 2.05) is 25.1 Å². The van der Waals surface area contributed by atoms with Crippen molar-refractivity contribution in [2.45, 2.75) is 46.2 Å². The summed E-state index contributed by atoms with van der Waals surface area (Å²) in [5.41, 5.74) is 3.19. The Morgan fingerprint density at radius 1 is 1.39 bits per heavy atom. The number of rotatable bonds is 4. The van der Waals surface area contributed by atoms with E-state index < -0.39 is 0 Å². The van der Waals surface area contributed by atoms with Gasteiger partial charge in [-0.05, 0) is 25.3 Å². The van der Waals surface area contributed by atoms with E-state index in [0.717, 1.165) is 23.2 Å². The predicted octanol–water partition coefficient (Wildman–Crippen LogP) is 3.01. The third-order valence-corrected chi connectivity index (χ3v) is 4.05. The summed E-state index contributed by atoms with van der Waals surface area (Å²) in [5, 5.41) is 6.43. The third kappa shape index (κ3) is 2.27. The van der Waals surface area contributed by atoms with Gasteiger partial charge in [0.2, 0.25) is 5.91 Å². The molecular formula is C15H22N2O. The molecule has 98 valence electrons. The quantitative estimate of drug-likeness (QED) is 0.857. The Balaban J connectivity index is 2.21. The number of nitrogens with one attached hydrogen (secondary N) is 2. The monoisotopic (exact) mass is 246 g/mol. The van der Waals surface area contributed by atoms with Crippen molar-refractivity contribution in [2.75, 3.05) is 5.32 Å². The Labute approximate surface area is 109 Å². The van der Waals surface area contributed by atoms with Crippen LogP contribution in [0.2, 0.25) is 0 Å². The summed E-state index contributed by atoms with van der Waals surface area (Å²) in [7, 11) is 0. The van der Waals surface area contributed by atoms with Gasteiger partial charge in [0.25, 0.3) is 0 Å². The first-order valence-electron chi connectivity index (χ1n) is 6.71. The largest absolute Gasteiger partial charge is 0.324 e. The van der Waals surface area contributed by atoms with Crippen LogP contribution in [0.3, 0.4) is 0 Å². The predicted molar refractivity (Wildman–Crippen MR) is 74.6 cm³/mol. The number of benzene rings is 1. The van der Waals surface area contributed by atoms with E-state index in [-0.39, 0.29) is 11.9 Å². The first-order chi connectivity index (χ1) is 8.54. The van der Waals surface area contributed by atoms with Crippen LogP contribution in [0.5, 0.6) is 0 Å². The highest BCUT2D eigenvalue weighted by Crippen LogP contribution is 2.33. The molecule has 1 heterocycles. The number of fused-ring (bicyclic) bond motifs is 1. The number of anilines is 1. The molecule has 1 aliphatic rings. The van der Waals surface area contributed by atoms with Gasteiger partial charge in [0.05, 0.1) is 0 Å². The lowest BCUT2D eigenvalue weighted by Gasteiger charge is -2.23. The zero-order chi connectivity index (χ0) is 13.3. The molecule has 0 saturated carbocycles. The second-order valence-corrected chi connectivity index (χ2v) is 5.30. The maximum Gasteiger partial charge on any atom is 0.246 e. The van der Waals surface area contributed by atoms with Crippen LogP contribution in [-0.4, -0.2) is 11.9 Å². The second-order valence-electron chi connectivity index (χ2n) is 5.30. The van der Waals surface area contributed by atoms with Gasteiger partial charge >= 0.3 is 0 Å². The Bertz CT molecular complexity index is 456. The van der Waals surface area contributed by atoms with E-state index in [1.54, 1.807) is 0 Å². The molecule has 1 aliphatic heterocycles. The summed E-state index contributed by atoms with van der Waals surface area (Å²) >= 11 is 0.